The van der Waals surface area contributed by atoms with Gasteiger partial charge in [0.15, 0.2) is 0 Å². The summed E-state index contributed by atoms with van der Waals surface area (Å²) in [7, 11) is 2.15. The molecule has 0 fully saturated rings. The maximum absolute atomic E-state index is 6.45. The van der Waals surface area contributed by atoms with Crippen molar-refractivity contribution in [2.45, 2.75) is 46.1 Å². The average Bonchev–Trinajstić information content (AvgIpc) is 2.86. The van der Waals surface area contributed by atoms with E-state index in [1.807, 2.05) is 0 Å². The zero-order valence-electron chi connectivity index (χ0n) is 16.4. The van der Waals surface area contributed by atoms with Gasteiger partial charge in [-0.05, 0) is 77.0 Å². The number of rotatable bonds is 3. The molecule has 3 aromatic rings. The van der Waals surface area contributed by atoms with E-state index in [0.717, 1.165) is 18.6 Å². The molecule has 0 aliphatic carbocycles. The SMILES string of the molecule is CC(C)=CCC[C@]1(C)C=Cc2c(ccc3c4cc(C)ccc4n(C)c23)O1. The summed E-state index contributed by atoms with van der Waals surface area (Å²) >= 11 is 0. The molecule has 26 heavy (non-hydrogen) atoms. The topological polar surface area (TPSA) is 14.2 Å². The molecule has 0 radical (unpaired) electrons. The molecule has 2 heterocycles. The summed E-state index contributed by atoms with van der Waals surface area (Å²) in [5, 5.41) is 2.61. The Balaban J connectivity index is 1.80. The molecule has 2 nitrogen and oxygen atoms in total. The normalized spacial score (nSPS) is 18.8. The molecule has 4 rings (SSSR count). The van der Waals surface area contributed by atoms with Crippen molar-refractivity contribution in [3.8, 4) is 5.75 Å². The second-order valence-corrected chi connectivity index (χ2v) is 8.02. The highest BCUT2D eigenvalue weighted by atomic mass is 16.5. The van der Waals surface area contributed by atoms with Crippen LogP contribution in [0.1, 0.15) is 44.7 Å². The Bertz CT molecular complexity index is 1060. The number of nitrogens with zero attached hydrogens (tertiary/aromatic N) is 1. The molecule has 0 saturated heterocycles. The van der Waals surface area contributed by atoms with Gasteiger partial charge in [0.25, 0.3) is 0 Å². The third-order valence-corrected chi connectivity index (χ3v) is 5.46. The summed E-state index contributed by atoms with van der Waals surface area (Å²) in [5.41, 5.74) is 6.13. The molecule has 0 amide bonds. The molecular weight excluding hydrogens is 318 g/mol. The number of fused-ring (bicyclic) bond motifs is 5. The van der Waals surface area contributed by atoms with Gasteiger partial charge >= 0.3 is 0 Å². The van der Waals surface area contributed by atoms with Crippen molar-refractivity contribution in [3.63, 3.8) is 0 Å². The fraction of sp³-hybridized carbons (Fsp3) is 0.333. The number of hydrogen-bond acceptors (Lipinski definition) is 1. The molecule has 0 spiro atoms. The van der Waals surface area contributed by atoms with Crippen LogP contribution in [0.5, 0.6) is 5.75 Å². The van der Waals surface area contributed by atoms with Crippen molar-refractivity contribution in [3.05, 3.63) is 59.2 Å². The van der Waals surface area contributed by atoms with Gasteiger partial charge in [-0.15, -0.1) is 0 Å². The lowest BCUT2D eigenvalue weighted by Gasteiger charge is -2.32. The Morgan fingerprint density at radius 1 is 1.15 bits per heavy atom. The maximum atomic E-state index is 6.45. The fourth-order valence-corrected chi connectivity index (χ4v) is 4.02. The molecule has 0 saturated carbocycles. The van der Waals surface area contributed by atoms with Crippen molar-refractivity contribution >= 4 is 27.9 Å². The van der Waals surface area contributed by atoms with Crippen LogP contribution in [-0.2, 0) is 7.05 Å². The van der Waals surface area contributed by atoms with Crippen molar-refractivity contribution in [2.24, 2.45) is 7.05 Å². The summed E-state index contributed by atoms with van der Waals surface area (Å²) in [6.45, 7) is 8.62. The first-order chi connectivity index (χ1) is 12.4. The van der Waals surface area contributed by atoms with E-state index in [1.165, 1.54) is 38.5 Å². The molecule has 2 aromatic carbocycles. The van der Waals surface area contributed by atoms with Crippen molar-refractivity contribution in [2.75, 3.05) is 0 Å². The van der Waals surface area contributed by atoms with Crippen LogP contribution in [0, 0.1) is 6.92 Å². The first-order valence-corrected chi connectivity index (χ1v) is 9.41. The highest BCUT2D eigenvalue weighted by Crippen LogP contribution is 2.40. The fourth-order valence-electron chi connectivity index (χ4n) is 4.02. The molecule has 0 unspecified atom stereocenters. The van der Waals surface area contributed by atoms with Crippen molar-refractivity contribution in [1.82, 2.24) is 4.57 Å². The second-order valence-electron chi connectivity index (χ2n) is 8.02. The third kappa shape index (κ3) is 2.74. The molecule has 0 N–H and O–H groups in total. The molecule has 0 bridgehead atoms. The molecule has 1 atom stereocenters. The summed E-state index contributed by atoms with van der Waals surface area (Å²) in [6, 6.07) is 11.0. The standard InChI is InChI=1S/C24H27NO/c1-16(2)7-6-13-24(4)14-12-19-22(26-24)11-9-18-20-15-17(3)8-10-21(20)25(5)23(18)19/h7-12,14-15H,6,13H2,1-5H3/t24-/m1/s1. The van der Waals surface area contributed by atoms with Crippen LogP contribution in [0.25, 0.3) is 27.9 Å². The van der Waals surface area contributed by atoms with Crippen LogP contribution < -0.4 is 4.74 Å². The van der Waals surface area contributed by atoms with E-state index in [0.29, 0.717) is 0 Å². The minimum absolute atomic E-state index is 0.242. The molecule has 134 valence electrons. The number of ether oxygens (including phenoxy) is 1. The van der Waals surface area contributed by atoms with E-state index in [-0.39, 0.29) is 5.60 Å². The van der Waals surface area contributed by atoms with Crippen molar-refractivity contribution in [1.29, 1.82) is 0 Å². The van der Waals surface area contributed by atoms with Gasteiger partial charge in [0.1, 0.15) is 11.4 Å². The summed E-state index contributed by atoms with van der Waals surface area (Å²) < 4.78 is 8.75. The predicted octanol–water partition coefficient (Wildman–Crippen LogP) is 6.55. The Labute approximate surface area is 155 Å². The number of aryl methyl sites for hydroxylation is 2. The number of aromatic nitrogens is 1. The van der Waals surface area contributed by atoms with E-state index < -0.39 is 0 Å². The first kappa shape index (κ1) is 17.0. The second kappa shape index (κ2) is 6.05. The van der Waals surface area contributed by atoms with Crippen LogP contribution in [0.3, 0.4) is 0 Å². The van der Waals surface area contributed by atoms with Gasteiger partial charge in [-0.1, -0.05) is 23.3 Å². The summed E-state index contributed by atoms with van der Waals surface area (Å²) in [4.78, 5) is 0. The van der Waals surface area contributed by atoms with Gasteiger partial charge in [0.05, 0.1) is 5.52 Å². The molecular formula is C24H27NO. The monoisotopic (exact) mass is 345 g/mol. The molecule has 2 heteroatoms. The quantitative estimate of drug-likeness (QED) is 0.491. The minimum Gasteiger partial charge on any atom is -0.483 e. The predicted molar refractivity (Wildman–Crippen MR) is 112 cm³/mol. The Hall–Kier alpha value is -2.48. The van der Waals surface area contributed by atoms with E-state index in [9.17, 15) is 0 Å². The van der Waals surface area contributed by atoms with E-state index in [1.54, 1.807) is 0 Å². The molecule has 1 aliphatic heterocycles. The van der Waals surface area contributed by atoms with E-state index >= 15 is 0 Å². The smallest absolute Gasteiger partial charge is 0.129 e. The zero-order valence-corrected chi connectivity index (χ0v) is 16.4. The highest BCUT2D eigenvalue weighted by molar-refractivity contribution is 6.11. The molecule has 1 aliphatic rings. The summed E-state index contributed by atoms with van der Waals surface area (Å²) in [6.07, 6.45) is 8.80. The van der Waals surface area contributed by atoms with Crippen LogP contribution in [-0.4, -0.2) is 10.2 Å². The van der Waals surface area contributed by atoms with Crippen LogP contribution in [0.2, 0.25) is 0 Å². The van der Waals surface area contributed by atoms with Gasteiger partial charge in [0, 0.05) is 28.9 Å². The third-order valence-electron chi connectivity index (χ3n) is 5.46. The van der Waals surface area contributed by atoms with Crippen LogP contribution in [0.15, 0.2) is 48.1 Å². The Morgan fingerprint density at radius 2 is 1.96 bits per heavy atom. The summed E-state index contributed by atoms with van der Waals surface area (Å²) in [5.74, 6) is 0.988. The lowest BCUT2D eigenvalue weighted by molar-refractivity contribution is 0.129. The van der Waals surface area contributed by atoms with Gasteiger partial charge in [0.2, 0.25) is 0 Å². The van der Waals surface area contributed by atoms with E-state index in [2.05, 4.69) is 87.9 Å². The largest absolute Gasteiger partial charge is 0.483 e. The van der Waals surface area contributed by atoms with Gasteiger partial charge in [-0.25, -0.2) is 0 Å². The first-order valence-electron chi connectivity index (χ1n) is 9.41. The van der Waals surface area contributed by atoms with Crippen LogP contribution >= 0.6 is 0 Å². The van der Waals surface area contributed by atoms with E-state index in [4.69, 9.17) is 4.74 Å². The number of hydrogen-bond donors (Lipinski definition) is 0. The lowest BCUT2D eigenvalue weighted by Crippen LogP contribution is -2.31. The maximum Gasteiger partial charge on any atom is 0.129 e. The highest BCUT2D eigenvalue weighted by Gasteiger charge is 2.28. The van der Waals surface area contributed by atoms with Crippen LogP contribution in [0.4, 0.5) is 0 Å². The number of benzene rings is 2. The van der Waals surface area contributed by atoms with Gasteiger partial charge < -0.3 is 9.30 Å². The Kier molecular flexibility index (Phi) is 3.95. The van der Waals surface area contributed by atoms with Gasteiger partial charge in [-0.2, -0.15) is 0 Å². The average molecular weight is 345 g/mol. The zero-order chi connectivity index (χ0) is 18.5. The Morgan fingerprint density at radius 3 is 2.73 bits per heavy atom. The lowest BCUT2D eigenvalue weighted by atomic mass is 9.94. The van der Waals surface area contributed by atoms with Crippen molar-refractivity contribution < 1.29 is 4.74 Å². The molecule has 1 aromatic heterocycles. The minimum atomic E-state index is -0.242. The number of allylic oxidation sites excluding steroid dienone is 2. The van der Waals surface area contributed by atoms with Gasteiger partial charge in [-0.3, -0.25) is 0 Å².